The van der Waals surface area contributed by atoms with Crippen LogP contribution in [0, 0.1) is 0 Å². The van der Waals surface area contributed by atoms with E-state index in [4.69, 9.17) is 25.5 Å². The van der Waals surface area contributed by atoms with Gasteiger partial charge in [0, 0.05) is 6.07 Å². The van der Waals surface area contributed by atoms with E-state index in [1.807, 2.05) is 6.07 Å². The molecule has 0 aliphatic carbocycles. The molecule has 0 N–H and O–H groups in total. The van der Waals surface area contributed by atoms with Crippen LogP contribution in [-0.2, 0) is 0 Å². The second kappa shape index (κ2) is 7.58. The van der Waals surface area contributed by atoms with Crippen molar-refractivity contribution >= 4 is 28.5 Å². The van der Waals surface area contributed by atoms with Gasteiger partial charge in [0.2, 0.25) is 11.2 Å². The smallest absolute Gasteiger partial charge is 0.343 e. The van der Waals surface area contributed by atoms with Gasteiger partial charge in [-0.25, -0.2) is 4.79 Å². The van der Waals surface area contributed by atoms with E-state index in [0.717, 1.165) is 0 Å². The third kappa shape index (κ3) is 3.61. The topological polar surface area (TPSA) is 65.7 Å². The van der Waals surface area contributed by atoms with E-state index < -0.39 is 5.97 Å². The van der Waals surface area contributed by atoms with E-state index >= 15 is 0 Å². The lowest BCUT2D eigenvalue weighted by molar-refractivity contribution is 0.0735. The molecule has 1 aromatic heterocycles. The highest BCUT2D eigenvalue weighted by Crippen LogP contribution is 2.29. The van der Waals surface area contributed by atoms with Crippen molar-refractivity contribution in [2.45, 2.75) is 0 Å². The number of carbonyl (C=O) groups is 1. The number of benzene rings is 3. The molecule has 0 fully saturated rings. The maximum absolute atomic E-state index is 12.7. The monoisotopic (exact) mass is 392 g/mol. The van der Waals surface area contributed by atoms with Crippen molar-refractivity contribution in [1.29, 1.82) is 0 Å². The van der Waals surface area contributed by atoms with E-state index in [1.54, 1.807) is 48.5 Å². The Labute approximate surface area is 164 Å². The molecule has 138 valence electrons. The summed E-state index contributed by atoms with van der Waals surface area (Å²) in [6, 6.07) is 20.0. The molecule has 0 saturated heterocycles. The molecule has 0 atom stereocenters. The fourth-order valence-electron chi connectivity index (χ4n) is 2.61. The zero-order valence-corrected chi connectivity index (χ0v) is 15.2. The highest BCUT2D eigenvalue weighted by molar-refractivity contribution is 6.32. The second-order valence-corrected chi connectivity index (χ2v) is 6.28. The van der Waals surface area contributed by atoms with Crippen molar-refractivity contribution in [1.82, 2.24) is 0 Å². The van der Waals surface area contributed by atoms with Crippen LogP contribution in [0.3, 0.4) is 0 Å². The minimum Gasteiger partial charge on any atom is -0.460 e. The number of fused-ring (bicyclic) bond motifs is 1. The lowest BCUT2D eigenvalue weighted by Crippen LogP contribution is -2.09. The number of hydrogen-bond donors (Lipinski definition) is 0. The molecule has 4 aromatic rings. The summed E-state index contributed by atoms with van der Waals surface area (Å²) in [6.45, 7) is 0. The normalized spacial score (nSPS) is 10.6. The summed E-state index contributed by atoms with van der Waals surface area (Å²) >= 11 is 6.06. The van der Waals surface area contributed by atoms with Gasteiger partial charge in [-0.1, -0.05) is 41.9 Å². The molecule has 0 aliphatic heterocycles. The molecule has 5 nitrogen and oxygen atoms in total. The highest BCUT2D eigenvalue weighted by Gasteiger charge is 2.13. The predicted molar refractivity (Wildman–Crippen MR) is 105 cm³/mol. The average Bonchev–Trinajstić information content (AvgIpc) is 2.72. The van der Waals surface area contributed by atoms with Gasteiger partial charge in [0.25, 0.3) is 0 Å². The molecule has 0 radical (unpaired) electrons. The Balaban J connectivity index is 1.62. The number of halogens is 1. The van der Waals surface area contributed by atoms with E-state index in [1.165, 1.54) is 24.5 Å². The molecule has 28 heavy (non-hydrogen) atoms. The van der Waals surface area contributed by atoms with Crippen LogP contribution in [0.15, 0.2) is 88.3 Å². The van der Waals surface area contributed by atoms with Gasteiger partial charge in [-0.3, -0.25) is 4.79 Å². The zero-order valence-electron chi connectivity index (χ0n) is 14.4. The van der Waals surface area contributed by atoms with Gasteiger partial charge in [-0.2, -0.15) is 0 Å². The summed E-state index contributed by atoms with van der Waals surface area (Å²) < 4.78 is 16.4. The average molecular weight is 393 g/mol. The number of rotatable bonds is 4. The Hall–Kier alpha value is -3.57. The summed E-state index contributed by atoms with van der Waals surface area (Å²) in [4.78, 5) is 24.8. The van der Waals surface area contributed by atoms with E-state index in [2.05, 4.69) is 0 Å². The first kappa shape index (κ1) is 17.8. The fraction of sp³-hybridized carbons (Fsp3) is 0. The Morgan fingerprint density at radius 3 is 2.43 bits per heavy atom. The number of ether oxygens (including phenoxy) is 2. The van der Waals surface area contributed by atoms with Gasteiger partial charge in [0.15, 0.2) is 0 Å². The summed E-state index contributed by atoms with van der Waals surface area (Å²) in [7, 11) is 0. The first-order chi connectivity index (χ1) is 13.6. The fourth-order valence-corrected chi connectivity index (χ4v) is 2.79. The summed E-state index contributed by atoms with van der Waals surface area (Å²) in [6.07, 6.45) is 1.21. The van der Waals surface area contributed by atoms with Crippen LogP contribution < -0.4 is 14.9 Å². The van der Waals surface area contributed by atoms with Crippen LogP contribution in [0.2, 0.25) is 5.02 Å². The van der Waals surface area contributed by atoms with Crippen molar-refractivity contribution < 1.29 is 18.7 Å². The molecule has 3 aromatic carbocycles. The number of para-hydroxylation sites is 1. The van der Waals surface area contributed by atoms with Crippen molar-refractivity contribution in [3.05, 3.63) is 99.9 Å². The lowest BCUT2D eigenvalue weighted by atomic mass is 10.2. The van der Waals surface area contributed by atoms with Crippen LogP contribution in [0.5, 0.6) is 17.2 Å². The highest BCUT2D eigenvalue weighted by atomic mass is 35.5. The molecule has 0 aliphatic rings. The van der Waals surface area contributed by atoms with Gasteiger partial charge in [0.05, 0.1) is 16.0 Å². The predicted octanol–water partition coefficient (Wildman–Crippen LogP) is 5.46. The van der Waals surface area contributed by atoms with Crippen LogP contribution in [-0.4, -0.2) is 5.97 Å². The maximum Gasteiger partial charge on any atom is 0.343 e. The van der Waals surface area contributed by atoms with Gasteiger partial charge in [-0.05, 0) is 36.4 Å². The van der Waals surface area contributed by atoms with Crippen LogP contribution >= 0.6 is 11.6 Å². The quantitative estimate of drug-likeness (QED) is 0.341. The number of carbonyl (C=O) groups excluding carboxylic acids is 1. The summed E-state index contributed by atoms with van der Waals surface area (Å²) in [5.41, 5.74) is 0.338. The molecule has 0 saturated carbocycles. The van der Waals surface area contributed by atoms with Crippen LogP contribution in [0.4, 0.5) is 0 Å². The van der Waals surface area contributed by atoms with Crippen molar-refractivity contribution in [2.75, 3.05) is 0 Å². The third-order valence-electron chi connectivity index (χ3n) is 3.99. The Morgan fingerprint density at radius 1 is 0.893 bits per heavy atom. The van der Waals surface area contributed by atoms with Gasteiger partial charge in [-0.15, -0.1) is 0 Å². The molecule has 1 heterocycles. The van der Waals surface area contributed by atoms with Gasteiger partial charge in [0.1, 0.15) is 23.3 Å². The van der Waals surface area contributed by atoms with Gasteiger partial charge >= 0.3 is 5.97 Å². The molecule has 6 heteroatoms. The standard InChI is InChI=1S/C22H13ClO5/c23-17-8-4-5-9-18(17)28-20-13-26-19-12-15(10-11-16(19)21(20)24)27-22(25)14-6-2-1-3-7-14/h1-13H. The summed E-state index contributed by atoms with van der Waals surface area (Å²) in [5, 5.41) is 0.675. The van der Waals surface area contributed by atoms with Crippen molar-refractivity contribution in [2.24, 2.45) is 0 Å². The third-order valence-corrected chi connectivity index (χ3v) is 4.30. The second-order valence-electron chi connectivity index (χ2n) is 5.88. The molecule has 0 bridgehead atoms. The Kier molecular flexibility index (Phi) is 4.83. The van der Waals surface area contributed by atoms with E-state index in [0.29, 0.717) is 21.7 Å². The van der Waals surface area contributed by atoms with E-state index in [-0.39, 0.29) is 22.5 Å². The van der Waals surface area contributed by atoms with Crippen molar-refractivity contribution in [3.8, 4) is 17.2 Å². The first-order valence-electron chi connectivity index (χ1n) is 8.37. The maximum atomic E-state index is 12.7. The molecule has 4 rings (SSSR count). The number of hydrogen-bond acceptors (Lipinski definition) is 5. The zero-order chi connectivity index (χ0) is 19.5. The minimum atomic E-state index is -0.499. The number of esters is 1. The summed E-state index contributed by atoms with van der Waals surface area (Å²) in [5.74, 6) is 0.129. The molecule has 0 amide bonds. The molecular formula is C22H13ClO5. The SMILES string of the molecule is O=C(Oc1ccc2c(=O)c(Oc3ccccc3Cl)coc2c1)c1ccccc1. The molecule has 0 spiro atoms. The van der Waals surface area contributed by atoms with Crippen molar-refractivity contribution in [3.63, 3.8) is 0 Å². The Bertz CT molecular complexity index is 1210. The lowest BCUT2D eigenvalue weighted by Gasteiger charge is -2.08. The Morgan fingerprint density at radius 2 is 1.64 bits per heavy atom. The van der Waals surface area contributed by atoms with E-state index in [9.17, 15) is 9.59 Å². The first-order valence-corrected chi connectivity index (χ1v) is 8.75. The largest absolute Gasteiger partial charge is 0.460 e. The van der Waals surface area contributed by atoms with Gasteiger partial charge < -0.3 is 13.9 Å². The van der Waals surface area contributed by atoms with Crippen LogP contribution in [0.25, 0.3) is 11.0 Å². The molecular weight excluding hydrogens is 380 g/mol. The van der Waals surface area contributed by atoms with Crippen LogP contribution in [0.1, 0.15) is 10.4 Å². The minimum absolute atomic E-state index is 0.00892. The molecule has 0 unspecified atom stereocenters.